The summed E-state index contributed by atoms with van der Waals surface area (Å²) in [5.74, 6) is 0.814. The van der Waals surface area contributed by atoms with Gasteiger partial charge in [-0.05, 0) is 17.5 Å². The summed E-state index contributed by atoms with van der Waals surface area (Å²) in [6.45, 7) is 4.07. The van der Waals surface area contributed by atoms with Crippen molar-refractivity contribution in [3.05, 3.63) is 66.6 Å². The van der Waals surface area contributed by atoms with Gasteiger partial charge in [-0.25, -0.2) is 4.79 Å². The highest BCUT2D eigenvalue weighted by Gasteiger charge is 2.08. The van der Waals surface area contributed by atoms with Gasteiger partial charge < -0.3 is 5.32 Å². The van der Waals surface area contributed by atoms with Crippen LogP contribution in [0.3, 0.4) is 0 Å². The number of nitrogens with zero attached hydrogens (tertiary/aromatic N) is 4. The highest BCUT2D eigenvalue weighted by atomic mass is 16.2. The largest absolute Gasteiger partial charge is 0.337 e. The quantitative estimate of drug-likeness (QED) is 0.695. The molecule has 0 unspecified atom stereocenters. The second-order valence-electron chi connectivity index (χ2n) is 6.05. The summed E-state index contributed by atoms with van der Waals surface area (Å²) in [4.78, 5) is 12.0. The van der Waals surface area contributed by atoms with Gasteiger partial charge in [-0.1, -0.05) is 37.3 Å². The molecule has 2 aromatic heterocycles. The second kappa shape index (κ2) is 8.14. The van der Waals surface area contributed by atoms with Gasteiger partial charge in [-0.15, -0.1) is 0 Å². The fraction of sp³-hybridized carbons (Fsp3) is 0.278. The van der Waals surface area contributed by atoms with Gasteiger partial charge in [-0.3, -0.25) is 14.7 Å². The molecule has 0 aliphatic carbocycles. The van der Waals surface area contributed by atoms with Gasteiger partial charge in [-0.2, -0.15) is 10.2 Å². The molecule has 1 atom stereocenters. The van der Waals surface area contributed by atoms with Crippen molar-refractivity contribution in [3.63, 3.8) is 0 Å². The maximum atomic E-state index is 12.0. The van der Waals surface area contributed by atoms with E-state index in [1.165, 1.54) is 0 Å². The molecular formula is C18H22N6O. The number of hydrogen-bond donors (Lipinski definition) is 2. The van der Waals surface area contributed by atoms with Crippen LogP contribution in [0.5, 0.6) is 0 Å². The molecule has 3 rings (SSSR count). The topological polar surface area (TPSA) is 76.8 Å². The zero-order valence-corrected chi connectivity index (χ0v) is 14.2. The molecule has 130 valence electrons. The Labute approximate surface area is 146 Å². The van der Waals surface area contributed by atoms with Crippen molar-refractivity contribution in [3.8, 4) is 0 Å². The van der Waals surface area contributed by atoms with Gasteiger partial charge in [0.2, 0.25) is 0 Å². The maximum Gasteiger partial charge on any atom is 0.320 e. The lowest BCUT2D eigenvalue weighted by molar-refractivity contribution is 0.249. The summed E-state index contributed by atoms with van der Waals surface area (Å²) >= 11 is 0. The smallest absolute Gasteiger partial charge is 0.320 e. The van der Waals surface area contributed by atoms with E-state index >= 15 is 0 Å². The summed E-state index contributed by atoms with van der Waals surface area (Å²) in [6, 6.07) is 13.5. The highest BCUT2D eigenvalue weighted by Crippen LogP contribution is 2.06. The van der Waals surface area contributed by atoms with Crippen molar-refractivity contribution in [2.24, 2.45) is 5.92 Å². The molecule has 0 bridgehead atoms. The zero-order chi connectivity index (χ0) is 17.5. The van der Waals surface area contributed by atoms with E-state index in [-0.39, 0.29) is 11.9 Å². The molecule has 25 heavy (non-hydrogen) atoms. The third-order valence-corrected chi connectivity index (χ3v) is 3.74. The third-order valence-electron chi connectivity index (χ3n) is 3.74. The summed E-state index contributed by atoms with van der Waals surface area (Å²) in [7, 11) is 0. The minimum absolute atomic E-state index is 0.253. The summed E-state index contributed by atoms with van der Waals surface area (Å²) in [5, 5.41) is 14.1. The van der Waals surface area contributed by atoms with Crippen LogP contribution in [0, 0.1) is 5.92 Å². The highest BCUT2D eigenvalue weighted by molar-refractivity contribution is 5.88. The van der Waals surface area contributed by atoms with Crippen LogP contribution in [0.4, 0.5) is 10.6 Å². The Kier molecular flexibility index (Phi) is 5.46. The van der Waals surface area contributed by atoms with E-state index in [1.54, 1.807) is 16.9 Å². The molecule has 7 nitrogen and oxygen atoms in total. The van der Waals surface area contributed by atoms with Gasteiger partial charge >= 0.3 is 6.03 Å². The van der Waals surface area contributed by atoms with E-state index in [9.17, 15) is 4.79 Å². The van der Waals surface area contributed by atoms with Crippen molar-refractivity contribution in [1.82, 2.24) is 24.9 Å². The molecule has 0 fully saturated rings. The van der Waals surface area contributed by atoms with Crippen LogP contribution in [0.15, 0.2) is 61.1 Å². The lowest BCUT2D eigenvalue weighted by Gasteiger charge is -2.12. The van der Waals surface area contributed by atoms with Crippen molar-refractivity contribution >= 4 is 11.8 Å². The summed E-state index contributed by atoms with van der Waals surface area (Å²) in [5.41, 5.74) is 1.16. The number of carbonyl (C=O) groups excluding carboxylic acids is 1. The van der Waals surface area contributed by atoms with Gasteiger partial charge in [0.25, 0.3) is 0 Å². The summed E-state index contributed by atoms with van der Waals surface area (Å²) < 4.78 is 3.65. The van der Waals surface area contributed by atoms with Gasteiger partial charge in [0, 0.05) is 37.7 Å². The van der Waals surface area contributed by atoms with E-state index in [4.69, 9.17) is 0 Å². The van der Waals surface area contributed by atoms with Crippen molar-refractivity contribution in [2.75, 3.05) is 11.9 Å². The van der Waals surface area contributed by atoms with Gasteiger partial charge in [0.05, 0.1) is 6.54 Å². The first kappa shape index (κ1) is 16.8. The molecule has 3 aromatic rings. The number of hydrogen-bond acceptors (Lipinski definition) is 3. The maximum absolute atomic E-state index is 12.0. The standard InChI is InChI=1S/C18H22N6O/c1-15(13-23-10-5-9-20-23)12-19-18(25)21-17-8-11-24(22-17)14-16-6-3-2-4-7-16/h2-11,15H,12-14H2,1H3,(H2,19,21,22,25)/t15-/m1/s1. The molecular weight excluding hydrogens is 316 g/mol. The average molecular weight is 338 g/mol. The normalized spacial score (nSPS) is 11.9. The number of aromatic nitrogens is 4. The van der Waals surface area contributed by atoms with Crippen molar-refractivity contribution < 1.29 is 4.79 Å². The molecule has 1 aromatic carbocycles. The molecule has 2 N–H and O–H groups in total. The first-order chi connectivity index (χ1) is 12.2. The van der Waals surface area contributed by atoms with Crippen LogP contribution in [0.1, 0.15) is 12.5 Å². The van der Waals surface area contributed by atoms with Crippen LogP contribution in [-0.4, -0.2) is 32.1 Å². The Morgan fingerprint density at radius 1 is 1.12 bits per heavy atom. The fourth-order valence-corrected chi connectivity index (χ4v) is 2.51. The van der Waals surface area contributed by atoms with E-state index in [1.807, 2.05) is 53.5 Å². The molecule has 0 radical (unpaired) electrons. The van der Waals surface area contributed by atoms with E-state index in [0.717, 1.165) is 12.1 Å². The van der Waals surface area contributed by atoms with Gasteiger partial charge in [0.1, 0.15) is 0 Å². The number of anilines is 1. The van der Waals surface area contributed by atoms with Crippen LogP contribution >= 0.6 is 0 Å². The van der Waals surface area contributed by atoms with E-state index < -0.39 is 0 Å². The summed E-state index contributed by atoms with van der Waals surface area (Å²) in [6.07, 6.45) is 5.51. The van der Waals surface area contributed by atoms with Crippen molar-refractivity contribution in [1.29, 1.82) is 0 Å². The molecule has 7 heteroatoms. The Bertz CT molecular complexity index is 781. The SMILES string of the molecule is C[C@H](CNC(=O)Nc1ccn(Cc2ccccc2)n1)Cn1cccn1. The second-order valence-corrected chi connectivity index (χ2v) is 6.05. The number of rotatable bonds is 7. The zero-order valence-electron chi connectivity index (χ0n) is 14.2. The first-order valence-corrected chi connectivity index (χ1v) is 8.29. The fourth-order valence-electron chi connectivity index (χ4n) is 2.51. The molecule has 2 amide bonds. The van der Waals surface area contributed by atoms with Crippen LogP contribution in [0.2, 0.25) is 0 Å². The van der Waals surface area contributed by atoms with Crippen LogP contribution < -0.4 is 10.6 Å². The Balaban J connectivity index is 1.43. The predicted octanol–water partition coefficient (Wildman–Crippen LogP) is 2.59. The predicted molar refractivity (Wildman–Crippen MR) is 96.2 cm³/mol. The average Bonchev–Trinajstić information content (AvgIpc) is 3.26. The third kappa shape index (κ3) is 5.20. The lowest BCUT2D eigenvalue weighted by Crippen LogP contribution is -2.33. The Morgan fingerprint density at radius 2 is 1.96 bits per heavy atom. The number of amides is 2. The van der Waals surface area contributed by atoms with Crippen molar-refractivity contribution in [2.45, 2.75) is 20.0 Å². The minimum atomic E-state index is -0.253. The molecule has 0 spiro atoms. The minimum Gasteiger partial charge on any atom is -0.337 e. The lowest BCUT2D eigenvalue weighted by atomic mass is 10.2. The van der Waals surface area contributed by atoms with Crippen LogP contribution in [0.25, 0.3) is 0 Å². The molecule has 0 aliphatic heterocycles. The van der Waals surface area contributed by atoms with E-state index in [0.29, 0.717) is 18.9 Å². The molecule has 0 saturated heterocycles. The monoisotopic (exact) mass is 338 g/mol. The number of urea groups is 1. The molecule has 0 saturated carbocycles. The Morgan fingerprint density at radius 3 is 2.72 bits per heavy atom. The Hall–Kier alpha value is -3.09. The number of benzene rings is 1. The van der Waals surface area contributed by atoms with Crippen LogP contribution in [-0.2, 0) is 13.1 Å². The number of nitrogens with one attached hydrogen (secondary N) is 2. The first-order valence-electron chi connectivity index (χ1n) is 8.29. The molecule has 2 heterocycles. The van der Waals surface area contributed by atoms with Gasteiger partial charge in [0.15, 0.2) is 5.82 Å². The molecule has 0 aliphatic rings. The van der Waals surface area contributed by atoms with E-state index in [2.05, 4.69) is 27.8 Å². The number of carbonyl (C=O) groups is 1.